The molecule has 80 valence electrons. The third-order valence-electron chi connectivity index (χ3n) is 1.71. The zero-order valence-electron chi connectivity index (χ0n) is 8.49. The number of carboxylic acids is 1. The molecule has 1 fully saturated rings. The average molecular weight is 199 g/mol. The number of likely N-dealkylation sites (tertiary alicyclic amines) is 1. The fourth-order valence-corrected chi connectivity index (χ4v) is 1.16. The molecule has 14 heavy (non-hydrogen) atoms. The maximum Gasteiger partial charge on any atom is 0.300 e. The average Bonchev–Trinajstić information content (AvgIpc) is 2.56. The van der Waals surface area contributed by atoms with Gasteiger partial charge >= 0.3 is 0 Å². The molecule has 1 aliphatic rings. The van der Waals surface area contributed by atoms with Crippen LogP contribution in [-0.4, -0.2) is 47.3 Å². The molecule has 0 bridgehead atoms. The van der Waals surface area contributed by atoms with Gasteiger partial charge in [-0.2, -0.15) is 0 Å². The van der Waals surface area contributed by atoms with Crippen molar-refractivity contribution in [2.45, 2.75) is 19.8 Å². The molecule has 0 aliphatic carbocycles. The summed E-state index contributed by atoms with van der Waals surface area (Å²) in [7, 11) is 0. The first-order valence-corrected chi connectivity index (χ1v) is 4.65. The van der Waals surface area contributed by atoms with Crippen LogP contribution in [0.25, 0.3) is 0 Å². The lowest BCUT2D eigenvalue weighted by Gasteiger charge is -2.08. The second kappa shape index (κ2) is 8.54. The molecule has 0 aromatic rings. The minimum atomic E-state index is -0.833. The van der Waals surface area contributed by atoms with Crippen molar-refractivity contribution in [1.82, 2.24) is 4.90 Å². The Morgan fingerprint density at radius 2 is 1.86 bits per heavy atom. The van der Waals surface area contributed by atoms with Gasteiger partial charge in [-0.05, 0) is 25.9 Å². The van der Waals surface area contributed by atoms with Gasteiger partial charge in [-0.1, -0.05) is 11.8 Å². The van der Waals surface area contributed by atoms with Crippen LogP contribution in [0.4, 0.5) is 0 Å². The summed E-state index contributed by atoms with van der Waals surface area (Å²) in [6, 6.07) is 0. The summed E-state index contributed by atoms with van der Waals surface area (Å²) in [5.41, 5.74) is 0. The number of carbonyl (C=O) groups is 1. The lowest BCUT2D eigenvalue weighted by molar-refractivity contribution is -0.134. The van der Waals surface area contributed by atoms with Crippen molar-refractivity contribution in [3.63, 3.8) is 0 Å². The molecule has 1 heterocycles. The Bertz CT molecular complexity index is 207. The molecular weight excluding hydrogens is 182 g/mol. The van der Waals surface area contributed by atoms with E-state index in [9.17, 15) is 0 Å². The van der Waals surface area contributed by atoms with Gasteiger partial charge in [0.15, 0.2) is 0 Å². The maximum atomic E-state index is 9.00. The highest BCUT2D eigenvalue weighted by Gasteiger charge is 2.08. The number of hydrogen-bond acceptors (Lipinski definition) is 3. The Kier molecular flexibility index (Phi) is 7.90. The molecule has 4 nitrogen and oxygen atoms in total. The molecule has 0 aromatic heterocycles. The SMILES string of the molecule is CC(=O)O.OCC#CCN1CCCC1. The predicted octanol–water partition coefficient (Wildman–Crippen LogP) is 0.169. The van der Waals surface area contributed by atoms with E-state index in [0.717, 1.165) is 13.5 Å². The molecule has 0 aromatic carbocycles. The first-order chi connectivity index (χ1) is 6.66. The number of aliphatic carboxylic acids is 1. The molecule has 1 saturated heterocycles. The molecular formula is C10H17NO3. The molecule has 1 rings (SSSR count). The van der Waals surface area contributed by atoms with Gasteiger partial charge in [-0.15, -0.1) is 0 Å². The minimum absolute atomic E-state index is 0.00611. The molecule has 1 aliphatic heterocycles. The van der Waals surface area contributed by atoms with E-state index in [1.54, 1.807) is 0 Å². The van der Waals surface area contributed by atoms with Crippen LogP contribution < -0.4 is 0 Å². The van der Waals surface area contributed by atoms with Crippen LogP contribution in [-0.2, 0) is 4.79 Å². The Hall–Kier alpha value is -1.05. The highest BCUT2D eigenvalue weighted by Crippen LogP contribution is 2.05. The predicted molar refractivity (Wildman–Crippen MR) is 53.8 cm³/mol. The lowest BCUT2D eigenvalue weighted by Crippen LogP contribution is -2.19. The highest BCUT2D eigenvalue weighted by molar-refractivity contribution is 5.62. The summed E-state index contributed by atoms with van der Waals surface area (Å²) in [5, 5.41) is 15.8. The van der Waals surface area contributed by atoms with E-state index < -0.39 is 5.97 Å². The van der Waals surface area contributed by atoms with E-state index in [2.05, 4.69) is 16.7 Å². The monoisotopic (exact) mass is 199 g/mol. The van der Waals surface area contributed by atoms with Gasteiger partial charge in [0, 0.05) is 6.92 Å². The van der Waals surface area contributed by atoms with Gasteiger partial charge in [0.1, 0.15) is 6.61 Å². The first kappa shape index (κ1) is 12.9. The van der Waals surface area contributed by atoms with Crippen molar-refractivity contribution in [2.24, 2.45) is 0 Å². The largest absolute Gasteiger partial charge is 0.481 e. The fourth-order valence-electron chi connectivity index (χ4n) is 1.16. The molecule has 0 amide bonds. The number of aliphatic hydroxyl groups is 1. The summed E-state index contributed by atoms with van der Waals surface area (Å²) in [6.07, 6.45) is 2.61. The van der Waals surface area contributed by atoms with Gasteiger partial charge in [-0.3, -0.25) is 9.69 Å². The number of hydrogen-bond donors (Lipinski definition) is 2. The maximum absolute atomic E-state index is 9.00. The quantitative estimate of drug-likeness (QED) is 0.591. The van der Waals surface area contributed by atoms with Crippen LogP contribution in [0.15, 0.2) is 0 Å². The first-order valence-electron chi connectivity index (χ1n) is 4.65. The van der Waals surface area contributed by atoms with Crippen molar-refractivity contribution in [1.29, 1.82) is 0 Å². The second-order valence-corrected chi connectivity index (χ2v) is 3.01. The summed E-state index contributed by atoms with van der Waals surface area (Å²) < 4.78 is 0. The van der Waals surface area contributed by atoms with Gasteiger partial charge in [-0.25, -0.2) is 0 Å². The number of carboxylic acid groups (broad SMARTS) is 1. The summed E-state index contributed by atoms with van der Waals surface area (Å²) in [5.74, 6) is 4.71. The molecule has 0 spiro atoms. The van der Waals surface area contributed by atoms with Gasteiger partial charge in [0.2, 0.25) is 0 Å². The van der Waals surface area contributed by atoms with E-state index in [0.29, 0.717) is 0 Å². The molecule has 0 unspecified atom stereocenters. The van der Waals surface area contributed by atoms with Crippen LogP contribution in [0.3, 0.4) is 0 Å². The molecule has 0 saturated carbocycles. The van der Waals surface area contributed by atoms with Crippen molar-refractivity contribution in [3.05, 3.63) is 0 Å². The Morgan fingerprint density at radius 1 is 1.36 bits per heavy atom. The Balaban J connectivity index is 0.000000364. The number of aliphatic hydroxyl groups excluding tert-OH is 1. The molecule has 0 atom stereocenters. The van der Waals surface area contributed by atoms with Crippen molar-refractivity contribution in [2.75, 3.05) is 26.2 Å². The smallest absolute Gasteiger partial charge is 0.300 e. The summed E-state index contributed by atoms with van der Waals surface area (Å²) in [4.78, 5) is 11.3. The molecule has 2 N–H and O–H groups in total. The summed E-state index contributed by atoms with van der Waals surface area (Å²) >= 11 is 0. The van der Waals surface area contributed by atoms with Gasteiger partial charge < -0.3 is 10.2 Å². The standard InChI is InChI=1S/C8H13NO.C2H4O2/c10-8-4-3-7-9-5-1-2-6-9;1-2(3)4/h10H,1-2,5-8H2;1H3,(H,3,4). The van der Waals surface area contributed by atoms with E-state index >= 15 is 0 Å². The lowest BCUT2D eigenvalue weighted by atomic mass is 10.4. The zero-order chi connectivity index (χ0) is 10.8. The van der Waals surface area contributed by atoms with Crippen molar-refractivity contribution in [3.8, 4) is 11.8 Å². The van der Waals surface area contributed by atoms with Gasteiger partial charge in [0.25, 0.3) is 5.97 Å². The number of nitrogens with zero attached hydrogens (tertiary/aromatic N) is 1. The van der Waals surface area contributed by atoms with E-state index in [4.69, 9.17) is 15.0 Å². The minimum Gasteiger partial charge on any atom is -0.481 e. The Labute approximate surface area is 84.5 Å². The number of rotatable bonds is 1. The summed E-state index contributed by atoms with van der Waals surface area (Å²) in [6.45, 7) is 4.27. The van der Waals surface area contributed by atoms with Crippen LogP contribution in [0.5, 0.6) is 0 Å². The third-order valence-corrected chi connectivity index (χ3v) is 1.71. The Morgan fingerprint density at radius 3 is 2.29 bits per heavy atom. The van der Waals surface area contributed by atoms with Gasteiger partial charge in [0.05, 0.1) is 6.54 Å². The van der Waals surface area contributed by atoms with E-state index in [-0.39, 0.29) is 6.61 Å². The normalized spacial score (nSPS) is 15.0. The van der Waals surface area contributed by atoms with Crippen molar-refractivity contribution < 1.29 is 15.0 Å². The molecule has 4 heteroatoms. The van der Waals surface area contributed by atoms with E-state index in [1.807, 2.05) is 0 Å². The molecule has 0 radical (unpaired) electrons. The zero-order valence-corrected chi connectivity index (χ0v) is 8.49. The van der Waals surface area contributed by atoms with Crippen LogP contribution >= 0.6 is 0 Å². The van der Waals surface area contributed by atoms with E-state index in [1.165, 1.54) is 25.9 Å². The highest BCUT2D eigenvalue weighted by atomic mass is 16.4. The van der Waals surface area contributed by atoms with Crippen LogP contribution in [0.1, 0.15) is 19.8 Å². The second-order valence-electron chi connectivity index (χ2n) is 3.01. The van der Waals surface area contributed by atoms with Crippen LogP contribution in [0.2, 0.25) is 0 Å². The fraction of sp³-hybridized carbons (Fsp3) is 0.700. The van der Waals surface area contributed by atoms with Crippen molar-refractivity contribution >= 4 is 5.97 Å². The third kappa shape index (κ3) is 9.04. The van der Waals surface area contributed by atoms with Crippen LogP contribution in [0, 0.1) is 11.8 Å². The topological polar surface area (TPSA) is 60.8 Å².